The fraction of sp³-hybridized carbons (Fsp3) is 0.467. The number of likely N-dealkylation sites (N-methyl/N-ethyl adjacent to an activating group) is 1. The molecule has 0 saturated carbocycles. The Morgan fingerprint density at radius 2 is 2.23 bits per heavy atom. The Balaban J connectivity index is 2.38. The van der Waals surface area contributed by atoms with Crippen molar-refractivity contribution >= 4 is 17.7 Å². The first-order chi connectivity index (χ1) is 10.3. The van der Waals surface area contributed by atoms with E-state index in [9.17, 15) is 9.59 Å². The summed E-state index contributed by atoms with van der Waals surface area (Å²) in [7, 11) is 1.47. The number of nitrogen functional groups attached to an aromatic ring is 1. The van der Waals surface area contributed by atoms with Gasteiger partial charge >= 0.3 is 6.09 Å². The molecule has 3 N–H and O–H groups in total. The number of nitrogens with two attached hydrogens (primary N) is 1. The average molecular weight is 307 g/mol. The first-order valence-corrected chi connectivity index (χ1v) is 7.11. The highest BCUT2D eigenvalue weighted by atomic mass is 16.5. The molecule has 2 rings (SSSR count). The zero-order valence-electron chi connectivity index (χ0n) is 12.9. The molecule has 0 aliphatic carbocycles. The van der Waals surface area contributed by atoms with Crippen molar-refractivity contribution in [2.75, 3.05) is 25.9 Å². The molecule has 2 amide bonds. The van der Waals surface area contributed by atoms with Crippen molar-refractivity contribution in [3.63, 3.8) is 0 Å². The molecule has 1 aliphatic rings. The molecule has 1 unspecified atom stereocenters. The van der Waals surface area contributed by atoms with Gasteiger partial charge in [0.2, 0.25) is 0 Å². The van der Waals surface area contributed by atoms with E-state index in [0.717, 1.165) is 4.90 Å². The molecule has 1 heterocycles. The Labute approximate surface area is 129 Å². The zero-order chi connectivity index (χ0) is 16.4. The Bertz CT molecular complexity index is 588. The van der Waals surface area contributed by atoms with E-state index in [-0.39, 0.29) is 18.5 Å². The molecule has 0 spiro atoms. The van der Waals surface area contributed by atoms with Crippen LogP contribution in [0.2, 0.25) is 0 Å². The summed E-state index contributed by atoms with van der Waals surface area (Å²) in [6, 6.07) is 5.01. The summed E-state index contributed by atoms with van der Waals surface area (Å²) >= 11 is 0. The predicted octanol–water partition coefficient (Wildman–Crippen LogP) is 1.49. The summed E-state index contributed by atoms with van der Waals surface area (Å²) in [6.07, 6.45) is -1.52. The van der Waals surface area contributed by atoms with E-state index in [0.29, 0.717) is 23.5 Å². The second-order valence-electron chi connectivity index (χ2n) is 5.68. The molecule has 0 bridgehead atoms. The molecule has 1 aliphatic heterocycles. The molecule has 0 fully saturated rings. The van der Waals surface area contributed by atoms with Gasteiger partial charge in [0.05, 0.1) is 24.3 Å². The number of hydrogen-bond donors (Lipinski definition) is 2. The third-order valence-electron chi connectivity index (χ3n) is 3.65. The summed E-state index contributed by atoms with van der Waals surface area (Å²) in [4.78, 5) is 26.5. The van der Waals surface area contributed by atoms with Crippen LogP contribution >= 0.6 is 0 Å². The number of ether oxygens (including phenoxy) is 1. The lowest BCUT2D eigenvalue weighted by Gasteiger charge is -2.29. The van der Waals surface area contributed by atoms with Crippen LogP contribution in [-0.4, -0.2) is 59.2 Å². The first kappa shape index (κ1) is 15.9. The van der Waals surface area contributed by atoms with E-state index in [1.165, 1.54) is 7.05 Å². The molecule has 0 radical (unpaired) electrons. The number of benzene rings is 1. The number of fused-ring (bicyclic) bond motifs is 1. The van der Waals surface area contributed by atoms with Gasteiger partial charge in [0.25, 0.3) is 5.91 Å². The molecule has 120 valence electrons. The van der Waals surface area contributed by atoms with Crippen LogP contribution in [0.3, 0.4) is 0 Å². The average Bonchev–Trinajstić information content (AvgIpc) is 2.58. The summed E-state index contributed by atoms with van der Waals surface area (Å²) < 4.78 is 5.87. The van der Waals surface area contributed by atoms with Gasteiger partial charge in [0, 0.05) is 13.1 Å². The smallest absolute Gasteiger partial charge is 0.407 e. The molecule has 22 heavy (non-hydrogen) atoms. The highest BCUT2D eigenvalue weighted by Crippen LogP contribution is 2.31. The van der Waals surface area contributed by atoms with E-state index in [2.05, 4.69) is 0 Å². The molecule has 1 aromatic carbocycles. The minimum atomic E-state index is -1.04. The van der Waals surface area contributed by atoms with E-state index >= 15 is 0 Å². The van der Waals surface area contributed by atoms with Crippen LogP contribution in [0.25, 0.3) is 0 Å². The molecular weight excluding hydrogens is 286 g/mol. The minimum absolute atomic E-state index is 0.0267. The Kier molecular flexibility index (Phi) is 4.44. The zero-order valence-corrected chi connectivity index (χ0v) is 12.9. The number of amides is 2. The Morgan fingerprint density at radius 3 is 2.82 bits per heavy atom. The van der Waals surface area contributed by atoms with Crippen LogP contribution in [0.4, 0.5) is 10.5 Å². The normalized spacial score (nSPS) is 17.7. The van der Waals surface area contributed by atoms with Crippen molar-refractivity contribution in [3.05, 3.63) is 23.8 Å². The monoisotopic (exact) mass is 307 g/mol. The van der Waals surface area contributed by atoms with Crippen molar-refractivity contribution in [2.24, 2.45) is 0 Å². The maximum Gasteiger partial charge on any atom is 0.407 e. The molecule has 0 aromatic heterocycles. The van der Waals surface area contributed by atoms with Gasteiger partial charge in [0.1, 0.15) is 6.10 Å². The van der Waals surface area contributed by atoms with Crippen molar-refractivity contribution in [2.45, 2.75) is 26.0 Å². The molecular formula is C15H21N3O4. The Hall–Kier alpha value is -2.44. The van der Waals surface area contributed by atoms with E-state index in [1.807, 2.05) is 13.8 Å². The highest BCUT2D eigenvalue weighted by Gasteiger charge is 2.32. The maximum atomic E-state index is 12.7. The van der Waals surface area contributed by atoms with Crippen LogP contribution < -0.4 is 10.5 Å². The first-order valence-electron chi connectivity index (χ1n) is 7.11. The second-order valence-corrected chi connectivity index (χ2v) is 5.68. The lowest BCUT2D eigenvalue weighted by atomic mass is 10.1. The second kappa shape index (κ2) is 6.13. The van der Waals surface area contributed by atoms with E-state index < -0.39 is 12.2 Å². The number of carbonyl (C=O) groups excluding carboxylic acids is 1. The van der Waals surface area contributed by atoms with Crippen LogP contribution in [0.15, 0.2) is 18.2 Å². The number of nitrogens with zero attached hydrogens (tertiary/aromatic N) is 2. The maximum absolute atomic E-state index is 12.7. The van der Waals surface area contributed by atoms with Gasteiger partial charge < -0.3 is 25.4 Å². The lowest BCUT2D eigenvalue weighted by Crippen LogP contribution is -2.46. The molecule has 7 nitrogen and oxygen atoms in total. The lowest BCUT2D eigenvalue weighted by molar-refractivity contribution is 0.0609. The van der Waals surface area contributed by atoms with Gasteiger partial charge in [-0.3, -0.25) is 4.79 Å². The van der Waals surface area contributed by atoms with Crippen LogP contribution in [0.5, 0.6) is 5.75 Å². The van der Waals surface area contributed by atoms with Crippen molar-refractivity contribution in [1.82, 2.24) is 9.80 Å². The summed E-state index contributed by atoms with van der Waals surface area (Å²) in [5.41, 5.74) is 6.71. The SMILES string of the molecule is CC(C)N1CC(CN(C)C(=O)O)Oc2c(N)cccc2C1=O. The van der Waals surface area contributed by atoms with Gasteiger partial charge in [-0.05, 0) is 26.0 Å². The van der Waals surface area contributed by atoms with Crippen molar-refractivity contribution < 1.29 is 19.4 Å². The minimum Gasteiger partial charge on any atom is -0.484 e. The number of anilines is 1. The number of carbonyl (C=O) groups is 2. The highest BCUT2D eigenvalue weighted by molar-refractivity contribution is 5.99. The number of rotatable bonds is 3. The number of carboxylic acid groups (broad SMARTS) is 1. The fourth-order valence-electron chi connectivity index (χ4n) is 2.44. The van der Waals surface area contributed by atoms with Gasteiger partial charge in [-0.1, -0.05) is 6.07 Å². The largest absolute Gasteiger partial charge is 0.484 e. The summed E-state index contributed by atoms with van der Waals surface area (Å²) in [5, 5.41) is 9.03. The topological polar surface area (TPSA) is 96.1 Å². The molecule has 1 atom stereocenters. The standard InChI is InChI=1S/C15H21N3O4/c1-9(2)18-8-10(7-17(3)15(20)21)22-13-11(14(18)19)5-4-6-12(13)16/h4-6,9-10H,7-8,16H2,1-3H3,(H,20,21). The van der Waals surface area contributed by atoms with Crippen molar-refractivity contribution in [1.29, 1.82) is 0 Å². The summed E-state index contributed by atoms with van der Waals surface area (Å²) in [6.45, 7) is 4.28. The third kappa shape index (κ3) is 3.08. The van der Waals surface area contributed by atoms with Gasteiger partial charge in [-0.25, -0.2) is 4.79 Å². The fourth-order valence-corrected chi connectivity index (χ4v) is 2.44. The molecule has 7 heteroatoms. The van der Waals surface area contributed by atoms with Crippen LogP contribution in [-0.2, 0) is 0 Å². The Morgan fingerprint density at radius 1 is 1.55 bits per heavy atom. The van der Waals surface area contributed by atoms with Crippen LogP contribution in [0.1, 0.15) is 24.2 Å². The molecule has 1 aromatic rings. The third-order valence-corrected chi connectivity index (χ3v) is 3.65. The van der Waals surface area contributed by atoms with Crippen LogP contribution in [0, 0.1) is 0 Å². The van der Waals surface area contributed by atoms with Gasteiger partial charge in [0.15, 0.2) is 5.75 Å². The van der Waals surface area contributed by atoms with Gasteiger partial charge in [-0.15, -0.1) is 0 Å². The van der Waals surface area contributed by atoms with Gasteiger partial charge in [-0.2, -0.15) is 0 Å². The van der Waals surface area contributed by atoms with Crippen molar-refractivity contribution in [3.8, 4) is 5.75 Å². The quantitative estimate of drug-likeness (QED) is 0.825. The predicted molar refractivity (Wildman–Crippen MR) is 82.1 cm³/mol. The summed E-state index contributed by atoms with van der Waals surface area (Å²) in [5.74, 6) is 0.178. The number of hydrogen-bond acceptors (Lipinski definition) is 4. The van der Waals surface area contributed by atoms with E-state index in [4.69, 9.17) is 15.6 Å². The number of para-hydroxylation sites is 1. The molecule has 0 saturated heterocycles. The van der Waals surface area contributed by atoms with E-state index in [1.54, 1.807) is 23.1 Å².